The van der Waals surface area contributed by atoms with Crippen LogP contribution in [0.15, 0.2) is 48.5 Å². The summed E-state index contributed by atoms with van der Waals surface area (Å²) in [5, 5.41) is 12.1. The van der Waals surface area contributed by atoms with E-state index < -0.39 is 29.6 Å². The number of ether oxygens (including phenoxy) is 1. The van der Waals surface area contributed by atoms with Gasteiger partial charge < -0.3 is 20.1 Å². The van der Waals surface area contributed by atoms with Gasteiger partial charge >= 0.3 is 12.1 Å². The topological polar surface area (TPSA) is 95.9 Å². The lowest BCUT2D eigenvalue weighted by molar-refractivity contribution is -0.150. The van der Waals surface area contributed by atoms with Crippen molar-refractivity contribution in [2.75, 3.05) is 13.2 Å². The molecule has 1 aliphatic carbocycles. The summed E-state index contributed by atoms with van der Waals surface area (Å²) in [5.41, 5.74) is 3.26. The molecule has 1 aliphatic heterocycles. The fourth-order valence-electron chi connectivity index (χ4n) is 4.74. The molecule has 0 saturated carbocycles. The van der Waals surface area contributed by atoms with Gasteiger partial charge in [0.25, 0.3) is 0 Å². The molecule has 2 N–H and O–H groups in total. The third-order valence-electron chi connectivity index (χ3n) is 6.70. The minimum Gasteiger partial charge on any atom is -0.480 e. The molecule has 168 valence electrons. The van der Waals surface area contributed by atoms with Crippen LogP contribution in [0.5, 0.6) is 0 Å². The Balaban J connectivity index is 1.45. The van der Waals surface area contributed by atoms with Crippen LogP contribution in [0, 0.1) is 0 Å². The Labute approximate surface area is 187 Å². The van der Waals surface area contributed by atoms with Crippen LogP contribution in [0.1, 0.15) is 50.2 Å². The van der Waals surface area contributed by atoms with Gasteiger partial charge in [0.2, 0.25) is 5.91 Å². The zero-order valence-electron chi connectivity index (χ0n) is 18.3. The highest BCUT2D eigenvalue weighted by Crippen LogP contribution is 2.44. The van der Waals surface area contributed by atoms with E-state index in [9.17, 15) is 19.5 Å². The molecule has 4 rings (SSSR count). The number of alkyl carbamates (subject to hydrolysis) is 1. The minimum atomic E-state index is -1.24. The molecule has 7 heteroatoms. The monoisotopic (exact) mass is 436 g/mol. The van der Waals surface area contributed by atoms with Gasteiger partial charge in [0, 0.05) is 12.5 Å². The van der Waals surface area contributed by atoms with Gasteiger partial charge in [-0.15, -0.1) is 0 Å². The molecule has 2 atom stereocenters. The predicted molar refractivity (Wildman–Crippen MR) is 119 cm³/mol. The third-order valence-corrected chi connectivity index (χ3v) is 6.70. The van der Waals surface area contributed by atoms with Gasteiger partial charge in [-0.1, -0.05) is 55.5 Å². The molecule has 2 amide bonds. The number of hydrogen-bond donors (Lipinski definition) is 2. The van der Waals surface area contributed by atoms with Crippen LogP contribution in [0.25, 0.3) is 11.1 Å². The van der Waals surface area contributed by atoms with E-state index in [1.807, 2.05) is 36.4 Å². The maximum absolute atomic E-state index is 13.1. The van der Waals surface area contributed by atoms with Crippen LogP contribution in [0.2, 0.25) is 0 Å². The average Bonchev–Trinajstić information content (AvgIpc) is 3.40. The summed E-state index contributed by atoms with van der Waals surface area (Å²) in [4.78, 5) is 38.7. The molecular formula is C25H28N2O5. The fourth-order valence-corrected chi connectivity index (χ4v) is 4.74. The Morgan fingerprint density at radius 2 is 1.69 bits per heavy atom. The summed E-state index contributed by atoms with van der Waals surface area (Å²) < 4.78 is 5.59. The van der Waals surface area contributed by atoms with Gasteiger partial charge in [-0.05, 0) is 48.4 Å². The van der Waals surface area contributed by atoms with Crippen LogP contribution < -0.4 is 5.32 Å². The molecule has 1 unspecified atom stereocenters. The molecule has 2 aliphatic rings. The van der Waals surface area contributed by atoms with E-state index in [0.717, 1.165) is 22.3 Å². The number of amides is 2. The number of fused-ring (bicyclic) bond motifs is 3. The van der Waals surface area contributed by atoms with Crippen molar-refractivity contribution in [3.63, 3.8) is 0 Å². The highest BCUT2D eigenvalue weighted by molar-refractivity contribution is 5.92. The Morgan fingerprint density at radius 1 is 1.09 bits per heavy atom. The largest absolute Gasteiger partial charge is 0.480 e. The van der Waals surface area contributed by atoms with E-state index in [4.69, 9.17) is 4.74 Å². The Bertz CT molecular complexity index is 1010. The maximum atomic E-state index is 13.1. The van der Waals surface area contributed by atoms with Crippen LogP contribution >= 0.6 is 0 Å². The Morgan fingerprint density at radius 3 is 2.25 bits per heavy atom. The number of hydrogen-bond acceptors (Lipinski definition) is 4. The first-order valence-corrected chi connectivity index (χ1v) is 11.0. The lowest BCUT2D eigenvalue weighted by atomic mass is 9.96. The second-order valence-electron chi connectivity index (χ2n) is 8.63. The van der Waals surface area contributed by atoms with E-state index in [1.54, 1.807) is 13.8 Å². The van der Waals surface area contributed by atoms with Crippen molar-refractivity contribution in [1.82, 2.24) is 10.2 Å². The Kier molecular flexibility index (Phi) is 5.91. The van der Waals surface area contributed by atoms with Crippen molar-refractivity contribution < 1.29 is 24.2 Å². The van der Waals surface area contributed by atoms with Gasteiger partial charge in [0.1, 0.15) is 18.2 Å². The summed E-state index contributed by atoms with van der Waals surface area (Å²) in [6.45, 7) is 3.93. The van der Waals surface area contributed by atoms with Crippen LogP contribution in [-0.4, -0.2) is 52.7 Å². The molecule has 1 fully saturated rings. The maximum Gasteiger partial charge on any atom is 0.408 e. The SMILES string of the molecule is CCC(C)(NC(=O)OCC1c2ccccc2-c2ccccc21)C(=O)N1CCC[C@H]1C(=O)O. The summed E-state index contributed by atoms with van der Waals surface area (Å²) in [6, 6.07) is 15.3. The van der Waals surface area contributed by atoms with Gasteiger partial charge in [-0.2, -0.15) is 0 Å². The molecule has 0 aromatic heterocycles. The number of carbonyl (C=O) groups is 3. The Hall–Kier alpha value is -3.35. The van der Waals surface area contributed by atoms with Gasteiger partial charge in [0.05, 0.1) is 0 Å². The van der Waals surface area contributed by atoms with Crippen molar-refractivity contribution in [2.24, 2.45) is 0 Å². The number of nitrogens with zero attached hydrogens (tertiary/aromatic N) is 1. The number of aliphatic carboxylic acids is 1. The molecule has 7 nitrogen and oxygen atoms in total. The fraction of sp³-hybridized carbons (Fsp3) is 0.400. The molecule has 0 spiro atoms. The van der Waals surface area contributed by atoms with Crippen LogP contribution in [0.3, 0.4) is 0 Å². The van der Waals surface area contributed by atoms with Gasteiger partial charge in [-0.3, -0.25) is 4.79 Å². The normalized spacial score (nSPS) is 19.1. The first-order chi connectivity index (χ1) is 15.4. The molecule has 1 saturated heterocycles. The zero-order chi connectivity index (χ0) is 22.9. The van der Waals surface area contributed by atoms with E-state index in [0.29, 0.717) is 25.8 Å². The number of benzene rings is 2. The number of rotatable bonds is 6. The van der Waals surface area contributed by atoms with E-state index in [1.165, 1.54) is 4.90 Å². The standard InChI is InChI=1S/C25H28N2O5/c1-3-25(2,23(30)27-14-8-13-21(27)22(28)29)26-24(31)32-15-20-18-11-6-4-9-16(18)17-10-5-7-12-19(17)20/h4-7,9-12,20-21H,3,8,13-15H2,1-2H3,(H,26,31)(H,28,29)/t21-,25?/m0/s1. The van der Waals surface area contributed by atoms with Crippen LogP contribution in [-0.2, 0) is 14.3 Å². The van der Waals surface area contributed by atoms with Crippen molar-refractivity contribution in [1.29, 1.82) is 0 Å². The van der Waals surface area contributed by atoms with E-state index >= 15 is 0 Å². The number of nitrogens with one attached hydrogen (secondary N) is 1. The number of carbonyl (C=O) groups excluding carboxylic acids is 2. The molecule has 32 heavy (non-hydrogen) atoms. The van der Waals surface area contributed by atoms with E-state index in [2.05, 4.69) is 17.4 Å². The van der Waals surface area contributed by atoms with Crippen molar-refractivity contribution in [3.8, 4) is 11.1 Å². The highest BCUT2D eigenvalue weighted by Gasteiger charge is 2.43. The summed E-state index contributed by atoms with van der Waals surface area (Å²) in [6.07, 6.45) is 0.689. The number of carboxylic acids is 1. The summed E-state index contributed by atoms with van der Waals surface area (Å²) in [5.74, 6) is -1.49. The summed E-state index contributed by atoms with van der Waals surface area (Å²) in [7, 11) is 0. The quantitative estimate of drug-likeness (QED) is 0.719. The lowest BCUT2D eigenvalue weighted by Gasteiger charge is -2.34. The molecule has 1 heterocycles. The number of carboxylic acid groups (broad SMARTS) is 1. The van der Waals surface area contributed by atoms with Crippen molar-refractivity contribution in [3.05, 3.63) is 59.7 Å². The minimum absolute atomic E-state index is 0.0771. The molecule has 2 aromatic rings. The second kappa shape index (κ2) is 8.65. The molecule has 2 aromatic carbocycles. The highest BCUT2D eigenvalue weighted by atomic mass is 16.5. The predicted octanol–water partition coefficient (Wildman–Crippen LogP) is 3.77. The zero-order valence-corrected chi connectivity index (χ0v) is 18.3. The summed E-state index contributed by atoms with van der Waals surface area (Å²) >= 11 is 0. The van der Waals surface area contributed by atoms with Crippen molar-refractivity contribution >= 4 is 18.0 Å². The average molecular weight is 437 g/mol. The first kappa shape index (κ1) is 21.9. The first-order valence-electron chi connectivity index (χ1n) is 11.0. The third kappa shape index (κ3) is 3.83. The van der Waals surface area contributed by atoms with Gasteiger partial charge in [-0.25, -0.2) is 9.59 Å². The molecule has 0 bridgehead atoms. The molecular weight excluding hydrogens is 408 g/mol. The van der Waals surface area contributed by atoms with Crippen LogP contribution in [0.4, 0.5) is 4.79 Å². The molecule has 0 radical (unpaired) electrons. The smallest absolute Gasteiger partial charge is 0.408 e. The number of likely N-dealkylation sites (tertiary alicyclic amines) is 1. The van der Waals surface area contributed by atoms with E-state index in [-0.39, 0.29) is 12.5 Å². The van der Waals surface area contributed by atoms with Gasteiger partial charge in [0.15, 0.2) is 0 Å². The van der Waals surface area contributed by atoms with Crippen molar-refractivity contribution in [2.45, 2.75) is 50.6 Å². The lowest BCUT2D eigenvalue weighted by Crippen LogP contribution is -2.59. The second-order valence-corrected chi connectivity index (χ2v) is 8.63.